The van der Waals surface area contributed by atoms with Gasteiger partial charge >= 0.3 is 10.2 Å². The van der Waals surface area contributed by atoms with Crippen molar-refractivity contribution < 1.29 is 12.8 Å². The van der Waals surface area contributed by atoms with Crippen molar-refractivity contribution in [1.82, 2.24) is 9.62 Å². The van der Waals surface area contributed by atoms with Gasteiger partial charge in [0.1, 0.15) is 5.82 Å². The van der Waals surface area contributed by atoms with Gasteiger partial charge in [-0.2, -0.15) is 12.7 Å². The zero-order valence-electron chi connectivity index (χ0n) is 11.8. The molecule has 21 heavy (non-hydrogen) atoms. The monoisotopic (exact) mass is 379 g/mol. The average molecular weight is 380 g/mol. The van der Waals surface area contributed by atoms with Crippen molar-refractivity contribution in [3.63, 3.8) is 0 Å². The Morgan fingerprint density at radius 3 is 2.62 bits per heavy atom. The van der Waals surface area contributed by atoms with Crippen LogP contribution >= 0.6 is 15.9 Å². The van der Waals surface area contributed by atoms with Crippen LogP contribution in [0.3, 0.4) is 0 Å². The summed E-state index contributed by atoms with van der Waals surface area (Å²) in [5.41, 5.74) is -0.0319. The van der Waals surface area contributed by atoms with Crippen LogP contribution < -0.4 is 10.0 Å². The smallest absolute Gasteiger partial charge is 0.301 e. The van der Waals surface area contributed by atoms with E-state index in [1.165, 1.54) is 16.4 Å². The second-order valence-electron chi connectivity index (χ2n) is 5.13. The minimum Gasteiger partial charge on any atom is -0.319 e. The second kappa shape index (κ2) is 7.04. The molecule has 5 nitrogen and oxygen atoms in total. The van der Waals surface area contributed by atoms with Crippen LogP contribution in [0.2, 0.25) is 0 Å². The highest BCUT2D eigenvalue weighted by Crippen LogP contribution is 2.23. The highest BCUT2D eigenvalue weighted by Gasteiger charge is 2.28. The van der Waals surface area contributed by atoms with Crippen LogP contribution in [0.15, 0.2) is 22.7 Å². The molecular weight excluding hydrogens is 361 g/mol. The van der Waals surface area contributed by atoms with E-state index in [0.29, 0.717) is 23.5 Å². The summed E-state index contributed by atoms with van der Waals surface area (Å²) >= 11 is 3.14. The average Bonchev–Trinajstić information content (AvgIpc) is 2.43. The summed E-state index contributed by atoms with van der Waals surface area (Å²) in [5.74, 6) is -0.108. The number of hydrogen-bond donors (Lipinski definition) is 2. The van der Waals surface area contributed by atoms with Crippen LogP contribution in [-0.4, -0.2) is 39.4 Å². The van der Waals surface area contributed by atoms with Gasteiger partial charge in [-0.15, -0.1) is 0 Å². The van der Waals surface area contributed by atoms with Gasteiger partial charge in [0, 0.05) is 17.6 Å². The molecule has 0 atom stereocenters. The third-order valence-electron chi connectivity index (χ3n) is 3.58. The lowest BCUT2D eigenvalue weighted by Crippen LogP contribution is -2.43. The molecule has 118 valence electrons. The van der Waals surface area contributed by atoms with Gasteiger partial charge in [-0.05, 0) is 50.6 Å². The molecule has 1 aliphatic rings. The molecule has 0 radical (unpaired) electrons. The van der Waals surface area contributed by atoms with E-state index in [9.17, 15) is 12.8 Å². The van der Waals surface area contributed by atoms with Crippen molar-refractivity contribution in [3.05, 3.63) is 28.5 Å². The number of nitrogens with zero attached hydrogens (tertiary/aromatic N) is 1. The lowest BCUT2D eigenvalue weighted by molar-refractivity contribution is 0.272. The predicted molar refractivity (Wildman–Crippen MR) is 84.9 cm³/mol. The van der Waals surface area contributed by atoms with Crippen LogP contribution in [0.1, 0.15) is 12.8 Å². The fourth-order valence-electron chi connectivity index (χ4n) is 2.42. The zero-order valence-corrected chi connectivity index (χ0v) is 14.2. The van der Waals surface area contributed by atoms with Crippen molar-refractivity contribution in [2.45, 2.75) is 12.8 Å². The van der Waals surface area contributed by atoms with Gasteiger partial charge in [0.05, 0.1) is 5.69 Å². The molecule has 1 fully saturated rings. The summed E-state index contributed by atoms with van der Waals surface area (Å²) in [6, 6.07) is 4.24. The number of piperidine rings is 1. The van der Waals surface area contributed by atoms with E-state index in [4.69, 9.17) is 0 Å². The summed E-state index contributed by atoms with van der Waals surface area (Å²) in [4.78, 5) is 0. The van der Waals surface area contributed by atoms with Crippen LogP contribution in [-0.2, 0) is 10.2 Å². The maximum Gasteiger partial charge on any atom is 0.301 e. The van der Waals surface area contributed by atoms with Gasteiger partial charge in [-0.3, -0.25) is 4.72 Å². The SMILES string of the molecule is CNCC1CCN(S(=O)(=O)Nc2ccc(Br)cc2F)CC1. The van der Waals surface area contributed by atoms with Gasteiger partial charge < -0.3 is 5.32 Å². The van der Waals surface area contributed by atoms with Crippen molar-refractivity contribution >= 4 is 31.8 Å². The first-order valence-electron chi connectivity index (χ1n) is 6.80. The summed E-state index contributed by atoms with van der Waals surface area (Å²) in [6.45, 7) is 1.81. The number of halogens is 2. The molecular formula is C13H19BrFN3O2S. The molecule has 1 aromatic carbocycles. The van der Waals surface area contributed by atoms with Crippen molar-refractivity contribution in [1.29, 1.82) is 0 Å². The lowest BCUT2D eigenvalue weighted by atomic mass is 9.98. The first kappa shape index (κ1) is 16.7. The Labute approximate surface area is 133 Å². The topological polar surface area (TPSA) is 61.4 Å². The van der Waals surface area contributed by atoms with Crippen LogP contribution in [0.5, 0.6) is 0 Å². The molecule has 0 bridgehead atoms. The van der Waals surface area contributed by atoms with E-state index in [1.54, 1.807) is 6.07 Å². The predicted octanol–water partition coefficient (Wildman–Crippen LogP) is 2.18. The van der Waals surface area contributed by atoms with Crippen LogP contribution in [0.4, 0.5) is 10.1 Å². The maximum atomic E-state index is 13.7. The Hall–Kier alpha value is -0.700. The Morgan fingerprint density at radius 2 is 2.05 bits per heavy atom. The molecule has 0 aliphatic carbocycles. The molecule has 1 heterocycles. The number of benzene rings is 1. The highest BCUT2D eigenvalue weighted by molar-refractivity contribution is 9.10. The van der Waals surface area contributed by atoms with Crippen LogP contribution in [0.25, 0.3) is 0 Å². The van der Waals surface area contributed by atoms with E-state index in [2.05, 4.69) is 26.0 Å². The minimum atomic E-state index is -3.70. The number of nitrogens with one attached hydrogen (secondary N) is 2. The van der Waals surface area contributed by atoms with Crippen molar-refractivity contribution in [3.8, 4) is 0 Å². The third-order valence-corrected chi connectivity index (χ3v) is 5.59. The second-order valence-corrected chi connectivity index (χ2v) is 7.72. The van der Waals surface area contributed by atoms with E-state index < -0.39 is 16.0 Å². The Balaban J connectivity index is 2.02. The Morgan fingerprint density at radius 1 is 1.38 bits per heavy atom. The maximum absolute atomic E-state index is 13.7. The third kappa shape index (κ3) is 4.38. The molecule has 1 aliphatic heterocycles. The van der Waals surface area contributed by atoms with E-state index in [-0.39, 0.29) is 5.69 Å². The molecule has 0 aromatic heterocycles. The van der Waals surface area contributed by atoms with Gasteiger partial charge in [-0.25, -0.2) is 4.39 Å². The fourth-order valence-corrected chi connectivity index (χ4v) is 4.02. The largest absolute Gasteiger partial charge is 0.319 e. The number of hydrogen-bond acceptors (Lipinski definition) is 3. The van der Waals surface area contributed by atoms with Crippen LogP contribution in [0, 0.1) is 11.7 Å². The molecule has 0 unspecified atom stereocenters. The van der Waals surface area contributed by atoms with Gasteiger partial charge in [-0.1, -0.05) is 15.9 Å². The molecule has 2 N–H and O–H groups in total. The first-order valence-corrected chi connectivity index (χ1v) is 9.03. The molecule has 2 rings (SSSR count). The summed E-state index contributed by atoms with van der Waals surface area (Å²) in [6.07, 6.45) is 1.62. The van der Waals surface area contributed by atoms with E-state index in [1.807, 2.05) is 7.05 Å². The normalized spacial score (nSPS) is 17.9. The molecule has 1 saturated heterocycles. The summed E-state index contributed by atoms with van der Waals surface area (Å²) in [7, 11) is -1.81. The summed E-state index contributed by atoms with van der Waals surface area (Å²) < 4.78 is 42.5. The zero-order chi connectivity index (χ0) is 15.5. The Bertz CT molecular complexity index is 589. The standard InChI is InChI=1S/C13H19BrFN3O2S/c1-16-9-10-4-6-18(7-5-10)21(19,20)17-13-3-2-11(14)8-12(13)15/h2-3,8,10,16-17H,4-7,9H2,1H3. The Kier molecular flexibility index (Phi) is 5.59. The number of rotatable bonds is 5. The molecule has 0 spiro atoms. The van der Waals surface area contributed by atoms with E-state index >= 15 is 0 Å². The van der Waals surface area contributed by atoms with E-state index in [0.717, 1.165) is 19.4 Å². The highest BCUT2D eigenvalue weighted by atomic mass is 79.9. The molecule has 0 amide bonds. The molecule has 0 saturated carbocycles. The van der Waals surface area contributed by atoms with Crippen molar-refractivity contribution in [2.75, 3.05) is 31.4 Å². The minimum absolute atomic E-state index is 0.0319. The molecule has 1 aromatic rings. The van der Waals surface area contributed by atoms with Gasteiger partial charge in [0.2, 0.25) is 0 Å². The lowest BCUT2D eigenvalue weighted by Gasteiger charge is -2.31. The quantitative estimate of drug-likeness (QED) is 0.823. The van der Waals surface area contributed by atoms with Gasteiger partial charge in [0.25, 0.3) is 0 Å². The van der Waals surface area contributed by atoms with Gasteiger partial charge in [0.15, 0.2) is 0 Å². The number of anilines is 1. The molecule has 8 heteroatoms. The summed E-state index contributed by atoms with van der Waals surface area (Å²) in [5, 5.41) is 3.11. The first-order chi connectivity index (χ1) is 9.92. The fraction of sp³-hybridized carbons (Fsp3) is 0.538. The van der Waals surface area contributed by atoms with Crippen molar-refractivity contribution in [2.24, 2.45) is 5.92 Å².